The van der Waals surface area contributed by atoms with E-state index in [-0.39, 0.29) is 35.9 Å². The highest BCUT2D eigenvalue weighted by molar-refractivity contribution is 14.0. The normalized spacial score (nSPS) is 16.8. The molecule has 1 aliphatic rings. The van der Waals surface area contributed by atoms with E-state index in [1.165, 1.54) is 4.88 Å². The Kier molecular flexibility index (Phi) is 10.0. The van der Waals surface area contributed by atoms with Crippen LogP contribution in [0.3, 0.4) is 0 Å². The molecule has 0 amide bonds. The second-order valence-electron chi connectivity index (χ2n) is 7.16. The third-order valence-electron chi connectivity index (χ3n) is 5.13. The highest BCUT2D eigenvalue weighted by Crippen LogP contribution is 2.18. The van der Waals surface area contributed by atoms with E-state index < -0.39 is 0 Å². The van der Waals surface area contributed by atoms with Gasteiger partial charge in [0.25, 0.3) is 0 Å². The van der Waals surface area contributed by atoms with Crippen LogP contribution in [0.1, 0.15) is 36.3 Å². The van der Waals surface area contributed by atoms with Gasteiger partial charge in [0.05, 0.1) is 12.5 Å². The standard InChI is InChI=1S/C20H30N6O2S.HI/c1-4-28-19(27)16-7-5-11-26(14-16)20(21-10-9-17-8-6-12-29-17)22-13-18-24-23-15(2)25(18)3;/h6,8,12,16H,4-5,7,9-11,13-14H2,1-3H3,(H,21,22);1H. The SMILES string of the molecule is CCOC(=O)C1CCCN(C(=NCc2nnc(C)n2C)NCCc2cccs2)C1.I. The lowest BCUT2D eigenvalue weighted by Crippen LogP contribution is -2.48. The molecule has 8 nitrogen and oxygen atoms in total. The predicted molar refractivity (Wildman–Crippen MR) is 129 cm³/mol. The van der Waals surface area contributed by atoms with E-state index in [4.69, 9.17) is 9.73 Å². The van der Waals surface area contributed by atoms with E-state index in [0.717, 1.165) is 50.0 Å². The number of guanidine groups is 1. The molecule has 3 rings (SSSR count). The molecule has 0 aromatic carbocycles. The van der Waals surface area contributed by atoms with Crippen molar-refractivity contribution < 1.29 is 9.53 Å². The Bertz CT molecular complexity index is 823. The van der Waals surface area contributed by atoms with Crippen molar-refractivity contribution in [2.75, 3.05) is 26.2 Å². The zero-order valence-corrected chi connectivity index (χ0v) is 21.0. The molecule has 1 aliphatic heterocycles. The summed E-state index contributed by atoms with van der Waals surface area (Å²) in [6.07, 6.45) is 2.74. The minimum absolute atomic E-state index is 0. The molecule has 1 unspecified atom stereocenters. The molecule has 10 heteroatoms. The van der Waals surface area contributed by atoms with Gasteiger partial charge in [-0.05, 0) is 44.6 Å². The zero-order chi connectivity index (χ0) is 20.6. The first kappa shape index (κ1) is 24.6. The Morgan fingerprint density at radius 1 is 1.43 bits per heavy atom. The minimum Gasteiger partial charge on any atom is -0.466 e. The smallest absolute Gasteiger partial charge is 0.310 e. The molecule has 0 bridgehead atoms. The predicted octanol–water partition coefficient (Wildman–Crippen LogP) is 2.77. The third kappa shape index (κ3) is 6.66. The molecular formula is C20H31IN6O2S. The molecule has 0 spiro atoms. The molecular weight excluding hydrogens is 515 g/mol. The van der Waals surface area contributed by atoms with Crippen molar-refractivity contribution in [3.63, 3.8) is 0 Å². The van der Waals surface area contributed by atoms with Crippen molar-refractivity contribution in [2.24, 2.45) is 18.0 Å². The number of aliphatic imine (C=N–C) groups is 1. The molecule has 0 saturated carbocycles. The lowest BCUT2D eigenvalue weighted by Gasteiger charge is -2.34. The van der Waals surface area contributed by atoms with Gasteiger partial charge in [0.15, 0.2) is 11.8 Å². The van der Waals surface area contributed by atoms with Crippen LogP contribution in [0.15, 0.2) is 22.5 Å². The van der Waals surface area contributed by atoms with E-state index in [0.29, 0.717) is 19.7 Å². The largest absolute Gasteiger partial charge is 0.466 e. The van der Waals surface area contributed by atoms with Crippen LogP contribution < -0.4 is 5.32 Å². The Balaban J connectivity index is 0.00000320. The number of nitrogens with zero attached hydrogens (tertiary/aromatic N) is 5. The average molecular weight is 546 g/mol. The minimum atomic E-state index is -0.112. The maximum atomic E-state index is 12.2. The van der Waals surface area contributed by atoms with E-state index in [1.807, 2.05) is 25.5 Å². The van der Waals surface area contributed by atoms with Gasteiger partial charge in [-0.1, -0.05) is 6.07 Å². The van der Waals surface area contributed by atoms with Gasteiger partial charge >= 0.3 is 5.97 Å². The number of halogens is 1. The Labute approximate surface area is 199 Å². The van der Waals surface area contributed by atoms with Gasteiger partial charge in [0, 0.05) is 31.6 Å². The molecule has 0 radical (unpaired) electrons. The topological polar surface area (TPSA) is 84.6 Å². The summed E-state index contributed by atoms with van der Waals surface area (Å²) < 4.78 is 7.19. The maximum Gasteiger partial charge on any atom is 0.310 e. The van der Waals surface area contributed by atoms with Crippen LogP contribution in [0.25, 0.3) is 0 Å². The van der Waals surface area contributed by atoms with Crippen LogP contribution in [0.4, 0.5) is 0 Å². The van der Waals surface area contributed by atoms with Crippen LogP contribution in [0, 0.1) is 12.8 Å². The number of esters is 1. The molecule has 3 heterocycles. The van der Waals surface area contributed by atoms with E-state index in [9.17, 15) is 4.79 Å². The zero-order valence-electron chi connectivity index (χ0n) is 17.8. The second-order valence-corrected chi connectivity index (χ2v) is 8.19. The second kappa shape index (κ2) is 12.2. The summed E-state index contributed by atoms with van der Waals surface area (Å²) in [6.45, 7) is 6.92. The summed E-state index contributed by atoms with van der Waals surface area (Å²) in [6, 6.07) is 4.21. The van der Waals surface area contributed by atoms with E-state index in [1.54, 1.807) is 11.3 Å². The van der Waals surface area contributed by atoms with E-state index in [2.05, 4.69) is 37.9 Å². The summed E-state index contributed by atoms with van der Waals surface area (Å²) in [5.74, 6) is 2.28. The van der Waals surface area contributed by atoms with Crippen molar-refractivity contribution in [3.05, 3.63) is 34.0 Å². The van der Waals surface area contributed by atoms with Gasteiger partial charge in [-0.15, -0.1) is 45.5 Å². The van der Waals surface area contributed by atoms with Crippen molar-refractivity contribution >= 4 is 47.2 Å². The van der Waals surface area contributed by atoms with Gasteiger partial charge < -0.3 is 19.5 Å². The monoisotopic (exact) mass is 546 g/mol. The van der Waals surface area contributed by atoms with Crippen LogP contribution in [0.5, 0.6) is 0 Å². The highest BCUT2D eigenvalue weighted by atomic mass is 127. The van der Waals surface area contributed by atoms with Gasteiger partial charge in [-0.2, -0.15) is 0 Å². The summed E-state index contributed by atoms with van der Waals surface area (Å²) in [4.78, 5) is 20.5. The number of thiophene rings is 1. The molecule has 1 N–H and O–H groups in total. The number of ether oxygens (including phenoxy) is 1. The number of rotatable bonds is 7. The van der Waals surface area contributed by atoms with Crippen LogP contribution in [-0.4, -0.2) is 57.8 Å². The van der Waals surface area contributed by atoms with Gasteiger partial charge in [0.2, 0.25) is 0 Å². The average Bonchev–Trinajstić information content (AvgIpc) is 3.36. The van der Waals surface area contributed by atoms with Crippen molar-refractivity contribution in [1.82, 2.24) is 25.0 Å². The lowest BCUT2D eigenvalue weighted by atomic mass is 9.98. The van der Waals surface area contributed by atoms with Crippen molar-refractivity contribution in [1.29, 1.82) is 0 Å². The van der Waals surface area contributed by atoms with Crippen LogP contribution >= 0.6 is 35.3 Å². The summed E-state index contributed by atoms with van der Waals surface area (Å²) >= 11 is 1.76. The summed E-state index contributed by atoms with van der Waals surface area (Å²) in [7, 11) is 1.95. The highest BCUT2D eigenvalue weighted by Gasteiger charge is 2.28. The number of carbonyl (C=O) groups excluding carboxylic acids is 1. The molecule has 2 aromatic heterocycles. The Morgan fingerprint density at radius 2 is 2.27 bits per heavy atom. The Hall–Kier alpha value is -1.69. The third-order valence-corrected chi connectivity index (χ3v) is 6.06. The number of nitrogens with one attached hydrogen (secondary N) is 1. The van der Waals surface area contributed by atoms with Gasteiger partial charge in [-0.3, -0.25) is 4.79 Å². The molecule has 1 atom stereocenters. The number of piperidine rings is 1. The Morgan fingerprint density at radius 3 is 2.93 bits per heavy atom. The van der Waals surface area contributed by atoms with Gasteiger partial charge in [0.1, 0.15) is 12.4 Å². The van der Waals surface area contributed by atoms with Crippen molar-refractivity contribution in [2.45, 2.75) is 39.7 Å². The number of aromatic nitrogens is 3. The molecule has 2 aromatic rings. The number of likely N-dealkylation sites (tertiary alicyclic amines) is 1. The van der Waals surface area contributed by atoms with E-state index >= 15 is 0 Å². The molecule has 1 saturated heterocycles. The number of carbonyl (C=O) groups is 1. The van der Waals surface area contributed by atoms with Crippen molar-refractivity contribution in [3.8, 4) is 0 Å². The first-order chi connectivity index (χ1) is 14.1. The lowest BCUT2D eigenvalue weighted by molar-refractivity contribution is -0.149. The first-order valence-corrected chi connectivity index (χ1v) is 11.0. The number of hydrogen-bond donors (Lipinski definition) is 1. The summed E-state index contributed by atoms with van der Waals surface area (Å²) in [5, 5.41) is 13.9. The molecule has 166 valence electrons. The van der Waals surface area contributed by atoms with Crippen LogP contribution in [-0.2, 0) is 29.5 Å². The number of aryl methyl sites for hydroxylation is 1. The fraction of sp³-hybridized carbons (Fsp3) is 0.600. The molecule has 1 fully saturated rings. The first-order valence-electron chi connectivity index (χ1n) is 10.2. The molecule has 30 heavy (non-hydrogen) atoms. The fourth-order valence-corrected chi connectivity index (χ4v) is 4.09. The quantitative estimate of drug-likeness (QED) is 0.249. The molecule has 0 aliphatic carbocycles. The summed E-state index contributed by atoms with van der Waals surface area (Å²) in [5.41, 5.74) is 0. The maximum absolute atomic E-state index is 12.2. The van der Waals surface area contributed by atoms with Gasteiger partial charge in [-0.25, -0.2) is 4.99 Å². The van der Waals surface area contributed by atoms with Crippen LogP contribution in [0.2, 0.25) is 0 Å². The fourth-order valence-electron chi connectivity index (χ4n) is 3.38. The number of hydrogen-bond acceptors (Lipinski definition) is 6.